The smallest absolute Gasteiger partial charge is 0.223 e. The number of hydrogen-bond donors (Lipinski definition) is 1. The number of rotatable bonds is 5. The third-order valence-electron chi connectivity index (χ3n) is 4.12. The number of hydrogen-bond acceptors (Lipinski definition) is 1. The highest BCUT2D eigenvalue weighted by Crippen LogP contribution is 2.48. The van der Waals surface area contributed by atoms with Gasteiger partial charge in [-0.2, -0.15) is 0 Å². The Kier molecular flexibility index (Phi) is 3.88. The lowest BCUT2D eigenvalue weighted by molar-refractivity contribution is -0.126. The van der Waals surface area contributed by atoms with E-state index in [1.54, 1.807) is 0 Å². The largest absolute Gasteiger partial charge is 0.356 e. The van der Waals surface area contributed by atoms with Gasteiger partial charge in [-0.25, -0.2) is 0 Å². The Morgan fingerprint density at radius 3 is 2.81 bits per heavy atom. The van der Waals surface area contributed by atoms with E-state index in [1.807, 2.05) is 0 Å². The van der Waals surface area contributed by atoms with Crippen LogP contribution in [0.4, 0.5) is 0 Å². The highest BCUT2D eigenvalue weighted by Gasteiger charge is 2.42. The molecule has 2 saturated carbocycles. The van der Waals surface area contributed by atoms with Gasteiger partial charge in [0.2, 0.25) is 5.91 Å². The minimum atomic E-state index is 0.299. The summed E-state index contributed by atoms with van der Waals surface area (Å²) in [6, 6.07) is 0. The van der Waals surface area contributed by atoms with Crippen LogP contribution in [0.1, 0.15) is 44.9 Å². The third-order valence-corrected chi connectivity index (χ3v) is 4.12. The summed E-state index contributed by atoms with van der Waals surface area (Å²) in [6.45, 7) is 0.800. The Hall–Kier alpha value is -0.970. The zero-order valence-electron chi connectivity index (χ0n) is 9.87. The zero-order valence-corrected chi connectivity index (χ0v) is 9.87. The van der Waals surface area contributed by atoms with Crippen molar-refractivity contribution >= 4 is 5.91 Å². The fourth-order valence-electron chi connectivity index (χ4n) is 3.26. The van der Waals surface area contributed by atoms with E-state index < -0.39 is 0 Å². The predicted octanol–water partition coefficient (Wildman–Crippen LogP) is 2.34. The lowest BCUT2D eigenvalue weighted by atomic mass is 9.88. The van der Waals surface area contributed by atoms with Crippen molar-refractivity contribution in [3.8, 4) is 12.3 Å². The standard InChI is InChI=1S/C14H21NO/c1-2-3-4-5-8-15-14(16)13-10-11-6-7-12(13)9-11/h1,11-13H,3-10H2,(H,15,16). The molecule has 88 valence electrons. The fraction of sp³-hybridized carbons (Fsp3) is 0.786. The molecule has 0 aromatic rings. The molecule has 2 rings (SSSR count). The summed E-state index contributed by atoms with van der Waals surface area (Å²) in [7, 11) is 0. The van der Waals surface area contributed by atoms with Crippen LogP contribution in [0.15, 0.2) is 0 Å². The minimum absolute atomic E-state index is 0.299. The van der Waals surface area contributed by atoms with Crippen LogP contribution < -0.4 is 5.32 Å². The van der Waals surface area contributed by atoms with Gasteiger partial charge in [-0.15, -0.1) is 12.3 Å². The second kappa shape index (κ2) is 5.39. The summed E-state index contributed by atoms with van der Waals surface area (Å²) >= 11 is 0. The quantitative estimate of drug-likeness (QED) is 0.558. The first-order valence-corrected chi connectivity index (χ1v) is 6.52. The number of carbonyl (C=O) groups is 1. The number of nitrogens with one attached hydrogen (secondary N) is 1. The van der Waals surface area contributed by atoms with E-state index in [9.17, 15) is 4.79 Å². The lowest BCUT2D eigenvalue weighted by Crippen LogP contribution is -2.34. The second-order valence-electron chi connectivity index (χ2n) is 5.23. The van der Waals surface area contributed by atoms with Gasteiger partial charge in [0.05, 0.1) is 0 Å². The first kappa shape index (κ1) is 11.5. The number of unbranched alkanes of at least 4 members (excludes halogenated alkanes) is 2. The Labute approximate surface area is 98.2 Å². The maximum absolute atomic E-state index is 11.9. The third kappa shape index (κ3) is 2.58. The maximum atomic E-state index is 11.9. The Balaban J connectivity index is 1.63. The van der Waals surface area contributed by atoms with Crippen LogP contribution in [0, 0.1) is 30.1 Å². The summed E-state index contributed by atoms with van der Waals surface area (Å²) in [6.07, 6.45) is 13.1. The molecule has 2 heteroatoms. The molecule has 2 aliphatic carbocycles. The van der Waals surface area contributed by atoms with Crippen LogP contribution in [0.3, 0.4) is 0 Å². The molecule has 1 N–H and O–H groups in total. The van der Waals surface area contributed by atoms with Crippen LogP contribution in [0.5, 0.6) is 0 Å². The molecular formula is C14H21NO. The highest BCUT2D eigenvalue weighted by atomic mass is 16.1. The van der Waals surface area contributed by atoms with Crippen molar-refractivity contribution in [3.63, 3.8) is 0 Å². The molecule has 2 aliphatic rings. The summed E-state index contributed by atoms with van der Waals surface area (Å²) in [5.41, 5.74) is 0. The Morgan fingerprint density at radius 2 is 2.19 bits per heavy atom. The van der Waals surface area contributed by atoms with E-state index in [0.717, 1.165) is 38.1 Å². The predicted molar refractivity (Wildman–Crippen MR) is 64.6 cm³/mol. The highest BCUT2D eigenvalue weighted by molar-refractivity contribution is 5.79. The summed E-state index contributed by atoms with van der Waals surface area (Å²) in [5.74, 6) is 4.78. The SMILES string of the molecule is C#CCCCCNC(=O)C1CC2CCC1C2. The van der Waals surface area contributed by atoms with Gasteiger partial charge >= 0.3 is 0 Å². The number of carbonyl (C=O) groups excluding carboxylic acids is 1. The van der Waals surface area contributed by atoms with Crippen molar-refractivity contribution < 1.29 is 4.79 Å². The molecule has 0 heterocycles. The van der Waals surface area contributed by atoms with E-state index >= 15 is 0 Å². The zero-order chi connectivity index (χ0) is 11.4. The first-order chi connectivity index (χ1) is 7.81. The molecule has 0 saturated heterocycles. The summed E-state index contributed by atoms with van der Waals surface area (Å²) in [4.78, 5) is 11.9. The average molecular weight is 219 g/mol. The van der Waals surface area contributed by atoms with Crippen LogP contribution in [-0.2, 0) is 4.79 Å². The van der Waals surface area contributed by atoms with Gasteiger partial charge in [-0.1, -0.05) is 6.42 Å². The number of amides is 1. The molecule has 3 unspecified atom stereocenters. The Morgan fingerprint density at radius 1 is 1.31 bits per heavy atom. The molecule has 0 aromatic carbocycles. The molecule has 0 aromatic heterocycles. The summed E-state index contributed by atoms with van der Waals surface area (Å²) < 4.78 is 0. The van der Waals surface area contributed by atoms with E-state index in [0.29, 0.717) is 17.7 Å². The molecule has 0 spiro atoms. The van der Waals surface area contributed by atoms with E-state index in [1.165, 1.54) is 19.3 Å². The lowest BCUT2D eigenvalue weighted by Gasteiger charge is -2.20. The second-order valence-corrected chi connectivity index (χ2v) is 5.23. The van der Waals surface area contributed by atoms with Gasteiger partial charge in [-0.3, -0.25) is 4.79 Å². The molecule has 2 bridgehead atoms. The molecule has 0 aliphatic heterocycles. The van der Waals surface area contributed by atoms with Gasteiger partial charge in [-0.05, 0) is 43.9 Å². The van der Waals surface area contributed by atoms with Crippen molar-refractivity contribution in [1.29, 1.82) is 0 Å². The monoisotopic (exact) mass is 219 g/mol. The van der Waals surface area contributed by atoms with Crippen LogP contribution in [0.25, 0.3) is 0 Å². The normalized spacial score (nSPS) is 31.3. The van der Waals surface area contributed by atoms with Gasteiger partial charge in [0.1, 0.15) is 0 Å². The minimum Gasteiger partial charge on any atom is -0.356 e. The van der Waals surface area contributed by atoms with Crippen LogP contribution >= 0.6 is 0 Å². The van der Waals surface area contributed by atoms with Crippen LogP contribution in [0.2, 0.25) is 0 Å². The van der Waals surface area contributed by atoms with Crippen molar-refractivity contribution in [2.24, 2.45) is 17.8 Å². The first-order valence-electron chi connectivity index (χ1n) is 6.52. The van der Waals surface area contributed by atoms with Gasteiger partial charge in [0.15, 0.2) is 0 Å². The average Bonchev–Trinajstić information content (AvgIpc) is 2.90. The van der Waals surface area contributed by atoms with Crippen molar-refractivity contribution in [3.05, 3.63) is 0 Å². The van der Waals surface area contributed by atoms with Crippen molar-refractivity contribution in [2.45, 2.75) is 44.9 Å². The Bertz CT molecular complexity index is 292. The van der Waals surface area contributed by atoms with Gasteiger partial charge in [0.25, 0.3) is 0 Å². The molecule has 1 amide bonds. The molecule has 16 heavy (non-hydrogen) atoms. The van der Waals surface area contributed by atoms with E-state index in [-0.39, 0.29) is 0 Å². The molecular weight excluding hydrogens is 198 g/mol. The number of fused-ring (bicyclic) bond motifs is 2. The van der Waals surface area contributed by atoms with Gasteiger partial charge < -0.3 is 5.32 Å². The van der Waals surface area contributed by atoms with E-state index in [4.69, 9.17) is 6.42 Å². The molecule has 2 fully saturated rings. The molecule has 2 nitrogen and oxygen atoms in total. The fourth-order valence-corrected chi connectivity index (χ4v) is 3.26. The summed E-state index contributed by atoms with van der Waals surface area (Å²) in [5, 5.41) is 3.06. The van der Waals surface area contributed by atoms with Crippen LogP contribution in [-0.4, -0.2) is 12.5 Å². The van der Waals surface area contributed by atoms with Crippen molar-refractivity contribution in [2.75, 3.05) is 6.54 Å². The van der Waals surface area contributed by atoms with Crippen molar-refractivity contribution in [1.82, 2.24) is 5.32 Å². The molecule has 0 radical (unpaired) electrons. The van der Waals surface area contributed by atoms with Gasteiger partial charge in [0, 0.05) is 18.9 Å². The molecule has 3 atom stereocenters. The van der Waals surface area contributed by atoms with E-state index in [2.05, 4.69) is 11.2 Å². The number of terminal acetylenes is 1. The topological polar surface area (TPSA) is 29.1 Å². The maximum Gasteiger partial charge on any atom is 0.223 e.